The molecule has 1 aliphatic heterocycles. The quantitative estimate of drug-likeness (QED) is 0.632. The molecule has 1 heterocycles. The molecular weight excluding hydrogens is 411 g/mol. The molecule has 0 aromatic heterocycles. The van der Waals surface area contributed by atoms with Crippen molar-refractivity contribution in [3.8, 4) is 6.07 Å². The van der Waals surface area contributed by atoms with Gasteiger partial charge < -0.3 is 15.5 Å². The van der Waals surface area contributed by atoms with Crippen LogP contribution in [0.4, 0.5) is 9.18 Å². The Labute approximate surface area is 177 Å². The Morgan fingerprint density at radius 2 is 2.13 bits per heavy atom. The Hall–Kier alpha value is -2.93. The number of nitrogens with zero attached hydrogens (tertiary/aromatic N) is 2. The van der Waals surface area contributed by atoms with Crippen molar-refractivity contribution >= 4 is 27.3 Å². The summed E-state index contributed by atoms with van der Waals surface area (Å²) in [6.45, 7) is 2.31. The molecule has 0 fully saturated rings. The highest BCUT2D eigenvalue weighted by molar-refractivity contribution is 7.90. The number of rotatable bonds is 7. The first-order chi connectivity index (χ1) is 14.2. The molecule has 1 aliphatic rings. The minimum absolute atomic E-state index is 0. The lowest BCUT2D eigenvalue weighted by molar-refractivity contribution is -0.122. The number of hydrogen-bond acceptors (Lipinski definition) is 5. The molecule has 0 aliphatic carbocycles. The van der Waals surface area contributed by atoms with Crippen LogP contribution in [0.15, 0.2) is 29.2 Å². The fraction of sp³-hybridized carbons (Fsp3) is 0.450. The predicted octanol–water partition coefficient (Wildman–Crippen LogP) is 2.08. The van der Waals surface area contributed by atoms with E-state index in [0.717, 1.165) is 12.3 Å². The lowest BCUT2D eigenvalue weighted by Gasteiger charge is -2.29. The Morgan fingerprint density at radius 1 is 1.40 bits per heavy atom. The topological polar surface area (TPSA) is 119 Å². The molecule has 1 unspecified atom stereocenters. The third-order valence-electron chi connectivity index (χ3n) is 4.74. The molecule has 164 valence electrons. The van der Waals surface area contributed by atoms with Crippen molar-refractivity contribution in [1.29, 1.82) is 5.26 Å². The van der Waals surface area contributed by atoms with Crippen LogP contribution in [0, 0.1) is 17.1 Å². The Balaban J connectivity index is 0.00000480. The molecule has 3 amide bonds. The molecule has 0 saturated carbocycles. The van der Waals surface area contributed by atoms with E-state index in [9.17, 15) is 22.4 Å². The molecule has 1 atom stereocenters. The molecule has 0 saturated heterocycles. The maximum atomic E-state index is 14.4. The second-order valence-electron chi connectivity index (χ2n) is 7.01. The number of sulfone groups is 1. The second-order valence-corrected chi connectivity index (χ2v) is 9.02. The average Bonchev–Trinajstić information content (AvgIpc) is 2.71. The average molecular weight is 439 g/mol. The number of nitriles is 1. The van der Waals surface area contributed by atoms with E-state index in [1.54, 1.807) is 6.08 Å². The predicted molar refractivity (Wildman–Crippen MR) is 112 cm³/mol. The van der Waals surface area contributed by atoms with E-state index in [-0.39, 0.29) is 19.4 Å². The zero-order valence-corrected chi connectivity index (χ0v) is 17.8. The van der Waals surface area contributed by atoms with Crippen LogP contribution in [-0.2, 0) is 14.6 Å². The number of amides is 3. The number of urea groups is 1. The minimum Gasteiger partial charge on any atom is -0.341 e. The van der Waals surface area contributed by atoms with Crippen molar-refractivity contribution in [3.05, 3.63) is 35.7 Å². The van der Waals surface area contributed by atoms with Crippen molar-refractivity contribution in [2.45, 2.75) is 37.1 Å². The molecule has 30 heavy (non-hydrogen) atoms. The zero-order chi connectivity index (χ0) is 22.3. The third kappa shape index (κ3) is 6.03. The monoisotopic (exact) mass is 438 g/mol. The van der Waals surface area contributed by atoms with Crippen molar-refractivity contribution in [2.75, 3.05) is 25.9 Å². The maximum absolute atomic E-state index is 14.4. The summed E-state index contributed by atoms with van der Waals surface area (Å²) in [4.78, 5) is 26.0. The molecule has 2 rings (SSSR count). The van der Waals surface area contributed by atoms with E-state index in [2.05, 4.69) is 10.6 Å². The second kappa shape index (κ2) is 10.2. The molecule has 0 radical (unpaired) electrons. The Morgan fingerprint density at radius 3 is 2.67 bits per heavy atom. The van der Waals surface area contributed by atoms with Gasteiger partial charge in [-0.3, -0.25) is 4.79 Å². The van der Waals surface area contributed by atoms with Crippen molar-refractivity contribution in [1.82, 2.24) is 15.5 Å². The lowest BCUT2D eigenvalue weighted by atomic mass is 9.99. The van der Waals surface area contributed by atoms with Gasteiger partial charge in [0.1, 0.15) is 18.4 Å². The fourth-order valence-corrected chi connectivity index (χ4v) is 3.77. The largest absolute Gasteiger partial charge is 0.341 e. The molecule has 1 aromatic rings. The summed E-state index contributed by atoms with van der Waals surface area (Å²) >= 11 is 0. The summed E-state index contributed by atoms with van der Waals surface area (Å²) in [7, 11) is -3.49. The summed E-state index contributed by atoms with van der Waals surface area (Å²) in [6.07, 6.45) is 4.24. The van der Waals surface area contributed by atoms with Crippen molar-refractivity contribution in [2.24, 2.45) is 0 Å². The Bertz CT molecular complexity index is 991. The highest BCUT2D eigenvalue weighted by Gasteiger charge is 2.25. The first-order valence-corrected chi connectivity index (χ1v) is 11.5. The van der Waals surface area contributed by atoms with Gasteiger partial charge in [-0.15, -0.1) is 0 Å². The number of benzene rings is 1. The SMILES string of the molecule is CCCC(NC(=O)N1CC=C(c2ccc(S(C)(=O)=O)cc2F)CC1)C(=O)NCC#N.[HH]. The highest BCUT2D eigenvalue weighted by atomic mass is 32.2. The standard InChI is InChI=1S/C20H25FN4O4S.H2/c1-3-4-18(19(26)23-10-9-22)24-20(27)25-11-7-14(8-12-25)16-6-5-15(13-17(16)21)30(2,28)29;/h5-7,13,18H,3-4,8,10-12H2,1-2H3,(H,23,26)(H,24,27);1H. The van der Waals surface area contributed by atoms with Crippen LogP contribution in [0.5, 0.6) is 0 Å². The van der Waals surface area contributed by atoms with Gasteiger partial charge in [0.15, 0.2) is 9.84 Å². The van der Waals surface area contributed by atoms with E-state index >= 15 is 0 Å². The van der Waals surface area contributed by atoms with Crippen LogP contribution < -0.4 is 10.6 Å². The number of hydrogen-bond donors (Lipinski definition) is 2. The van der Waals surface area contributed by atoms with Crippen LogP contribution >= 0.6 is 0 Å². The van der Waals surface area contributed by atoms with Crippen LogP contribution in [0.2, 0.25) is 0 Å². The summed E-state index contributed by atoms with van der Waals surface area (Å²) in [5, 5.41) is 13.7. The highest BCUT2D eigenvalue weighted by Crippen LogP contribution is 2.26. The minimum atomic E-state index is -3.49. The summed E-state index contributed by atoms with van der Waals surface area (Å²) in [6, 6.07) is 4.47. The summed E-state index contributed by atoms with van der Waals surface area (Å²) < 4.78 is 37.5. The van der Waals surface area contributed by atoms with Gasteiger partial charge in [-0.05, 0) is 30.5 Å². The van der Waals surface area contributed by atoms with Crippen LogP contribution in [0.25, 0.3) is 5.57 Å². The first-order valence-electron chi connectivity index (χ1n) is 9.56. The molecule has 0 bridgehead atoms. The van der Waals surface area contributed by atoms with Gasteiger partial charge in [0, 0.05) is 26.3 Å². The number of carbonyl (C=O) groups is 2. The maximum Gasteiger partial charge on any atom is 0.318 e. The van der Waals surface area contributed by atoms with Crippen molar-refractivity contribution in [3.63, 3.8) is 0 Å². The van der Waals surface area contributed by atoms with E-state index in [1.807, 2.05) is 13.0 Å². The fourth-order valence-electron chi connectivity index (χ4n) is 3.13. The van der Waals surface area contributed by atoms with E-state index in [4.69, 9.17) is 5.26 Å². The molecule has 1 aromatic carbocycles. The van der Waals surface area contributed by atoms with Gasteiger partial charge in [0.05, 0.1) is 11.0 Å². The summed E-state index contributed by atoms with van der Waals surface area (Å²) in [5.41, 5.74) is 0.996. The van der Waals surface area contributed by atoms with Gasteiger partial charge in [0.2, 0.25) is 5.91 Å². The molecule has 0 spiro atoms. The smallest absolute Gasteiger partial charge is 0.318 e. The lowest BCUT2D eigenvalue weighted by Crippen LogP contribution is -2.52. The number of halogens is 1. The molecular formula is C20H27FN4O4S. The molecule has 10 heteroatoms. The van der Waals surface area contributed by atoms with Gasteiger partial charge in [0.25, 0.3) is 0 Å². The zero-order valence-electron chi connectivity index (χ0n) is 16.9. The van der Waals surface area contributed by atoms with Gasteiger partial charge >= 0.3 is 6.03 Å². The van der Waals surface area contributed by atoms with E-state index < -0.39 is 33.6 Å². The normalized spacial score (nSPS) is 15.0. The third-order valence-corrected chi connectivity index (χ3v) is 5.85. The first kappa shape index (κ1) is 23.3. The summed E-state index contributed by atoms with van der Waals surface area (Å²) in [5.74, 6) is -1.03. The number of carbonyl (C=O) groups excluding carboxylic acids is 2. The van der Waals surface area contributed by atoms with Gasteiger partial charge in [-0.25, -0.2) is 17.6 Å². The van der Waals surface area contributed by atoms with Crippen molar-refractivity contribution < 1.29 is 23.8 Å². The van der Waals surface area contributed by atoms with Gasteiger partial charge in [-0.2, -0.15) is 5.26 Å². The van der Waals surface area contributed by atoms with Crippen LogP contribution in [0.3, 0.4) is 0 Å². The van der Waals surface area contributed by atoms with Crippen LogP contribution in [0.1, 0.15) is 33.2 Å². The molecule has 2 N–H and O–H groups in total. The van der Waals surface area contributed by atoms with E-state index in [0.29, 0.717) is 36.9 Å². The van der Waals surface area contributed by atoms with E-state index in [1.165, 1.54) is 17.0 Å². The van der Waals surface area contributed by atoms with Crippen LogP contribution in [-0.4, -0.2) is 57.2 Å². The van der Waals surface area contributed by atoms with Gasteiger partial charge in [-0.1, -0.05) is 25.5 Å². The molecule has 8 nitrogen and oxygen atoms in total. The number of nitrogens with one attached hydrogen (secondary N) is 2. The Kier molecular flexibility index (Phi) is 7.94.